The van der Waals surface area contributed by atoms with Crippen LogP contribution in [0.15, 0.2) is 53.4 Å². The normalized spacial score (nSPS) is 16.4. The molecule has 0 saturated carbocycles. The van der Waals surface area contributed by atoms with Crippen molar-refractivity contribution < 1.29 is 13.3 Å². The third-order valence-electron chi connectivity index (χ3n) is 5.52. The molecule has 30 heavy (non-hydrogen) atoms. The van der Waals surface area contributed by atoms with E-state index in [4.69, 9.17) is 4.98 Å². The number of sulfone groups is 1. The molecule has 3 aromatic rings. The number of hydrogen-bond acceptors (Lipinski definition) is 6. The molecule has 1 atom stereocenters. The quantitative estimate of drug-likeness (QED) is 0.682. The second-order valence-corrected chi connectivity index (χ2v) is 9.77. The van der Waals surface area contributed by atoms with Crippen LogP contribution in [0.4, 0.5) is 5.82 Å². The summed E-state index contributed by atoms with van der Waals surface area (Å²) in [6, 6.07) is 15.9. The average Bonchev–Trinajstić information content (AvgIpc) is 2.74. The molecule has 1 aromatic heterocycles. The Bertz CT molecular complexity index is 1210. The first kappa shape index (κ1) is 20.3. The molecule has 0 amide bonds. The van der Waals surface area contributed by atoms with Crippen LogP contribution < -0.4 is 9.80 Å². The van der Waals surface area contributed by atoms with Crippen molar-refractivity contribution in [2.45, 2.75) is 17.1 Å². The zero-order valence-corrected chi connectivity index (χ0v) is 17.9. The maximum absolute atomic E-state index is 13.4. The number of anilines is 1. The summed E-state index contributed by atoms with van der Waals surface area (Å²) in [6.45, 7) is 5.18. The van der Waals surface area contributed by atoms with Crippen LogP contribution in [0.5, 0.6) is 0 Å². The number of para-hydroxylation sites is 2. The second-order valence-electron chi connectivity index (χ2n) is 7.73. The molecule has 0 unspecified atom stereocenters. The Morgan fingerprint density at radius 1 is 1.03 bits per heavy atom. The van der Waals surface area contributed by atoms with E-state index < -0.39 is 15.1 Å². The molecule has 154 valence electrons. The summed E-state index contributed by atoms with van der Waals surface area (Å²) in [6.07, 6.45) is 0. The molecular weight excluding hydrogens is 398 g/mol. The maximum atomic E-state index is 13.4. The predicted molar refractivity (Wildman–Crippen MR) is 115 cm³/mol. The molecule has 0 spiro atoms. The van der Waals surface area contributed by atoms with Crippen LogP contribution in [-0.2, 0) is 9.84 Å². The monoisotopic (exact) mass is 422 g/mol. The number of nitrogens with one attached hydrogen (secondary N) is 1. The lowest BCUT2D eigenvalue weighted by Crippen LogP contribution is -3.12. The zero-order valence-electron chi connectivity index (χ0n) is 17.0. The third-order valence-corrected chi connectivity index (χ3v) is 7.40. The molecular formula is C22H24N5O2S+. The first-order chi connectivity index (χ1) is 14.4. The van der Waals surface area contributed by atoms with E-state index in [0.717, 1.165) is 31.7 Å². The largest absolute Gasteiger partial charge is 0.344 e. The number of aromatic nitrogens is 2. The van der Waals surface area contributed by atoms with Crippen LogP contribution in [0.1, 0.15) is 16.5 Å². The molecule has 8 heteroatoms. The third kappa shape index (κ3) is 3.74. The van der Waals surface area contributed by atoms with Gasteiger partial charge in [0, 0.05) is 0 Å². The average molecular weight is 423 g/mol. The van der Waals surface area contributed by atoms with Gasteiger partial charge >= 0.3 is 0 Å². The van der Waals surface area contributed by atoms with Crippen molar-refractivity contribution in [1.82, 2.24) is 9.97 Å². The maximum Gasteiger partial charge on any atom is 0.200 e. The SMILES string of the molecule is Cc1ccc(S(=O)(=O)[C@@H](C#N)c2nc3ccccc3nc2N2CC[NH+](C)CC2)cc1. The molecule has 4 rings (SSSR count). The van der Waals surface area contributed by atoms with Gasteiger partial charge in [0.1, 0.15) is 5.69 Å². The summed E-state index contributed by atoms with van der Waals surface area (Å²) < 4.78 is 26.8. The molecule has 0 bridgehead atoms. The van der Waals surface area contributed by atoms with Crippen molar-refractivity contribution in [1.29, 1.82) is 5.26 Å². The lowest BCUT2D eigenvalue weighted by Gasteiger charge is -2.32. The summed E-state index contributed by atoms with van der Waals surface area (Å²) in [4.78, 5) is 13.0. The van der Waals surface area contributed by atoms with Crippen LogP contribution in [-0.4, -0.2) is 51.6 Å². The molecule has 1 fully saturated rings. The van der Waals surface area contributed by atoms with E-state index >= 15 is 0 Å². The number of benzene rings is 2. The van der Waals surface area contributed by atoms with Gasteiger partial charge in [-0.25, -0.2) is 18.4 Å². The van der Waals surface area contributed by atoms with Gasteiger partial charge in [0.15, 0.2) is 11.1 Å². The highest BCUT2D eigenvalue weighted by atomic mass is 32.2. The van der Waals surface area contributed by atoms with Gasteiger partial charge in [0.25, 0.3) is 0 Å². The summed E-state index contributed by atoms with van der Waals surface area (Å²) in [5.74, 6) is 0.489. The van der Waals surface area contributed by atoms with Crippen LogP contribution in [0, 0.1) is 18.3 Å². The Kier molecular flexibility index (Phi) is 5.41. The summed E-state index contributed by atoms with van der Waals surface area (Å²) in [5.41, 5.74) is 2.42. The number of nitrogens with zero attached hydrogens (tertiary/aromatic N) is 4. The second kappa shape index (κ2) is 8.01. The van der Waals surface area contributed by atoms with Crippen LogP contribution >= 0.6 is 0 Å². The number of fused-ring (bicyclic) bond motifs is 1. The van der Waals surface area contributed by atoms with Crippen molar-refractivity contribution in [3.8, 4) is 6.07 Å². The summed E-state index contributed by atoms with van der Waals surface area (Å²) in [7, 11) is -1.83. The highest BCUT2D eigenvalue weighted by Gasteiger charge is 2.35. The van der Waals surface area contributed by atoms with Gasteiger partial charge < -0.3 is 9.80 Å². The van der Waals surface area contributed by atoms with Crippen LogP contribution in [0.3, 0.4) is 0 Å². The number of likely N-dealkylation sites (N-methyl/N-ethyl adjacent to an activating group) is 1. The van der Waals surface area contributed by atoms with E-state index in [1.54, 1.807) is 30.3 Å². The molecule has 0 aliphatic carbocycles. The Balaban J connectivity index is 1.87. The molecule has 7 nitrogen and oxygen atoms in total. The Labute approximate surface area is 176 Å². The minimum Gasteiger partial charge on any atom is -0.344 e. The topological polar surface area (TPSA) is 91.4 Å². The molecule has 1 N–H and O–H groups in total. The smallest absolute Gasteiger partial charge is 0.200 e. The van der Waals surface area contributed by atoms with Gasteiger partial charge in [-0.2, -0.15) is 5.26 Å². The number of hydrogen-bond donors (Lipinski definition) is 1. The minimum atomic E-state index is -3.96. The van der Waals surface area contributed by atoms with Crippen LogP contribution in [0.2, 0.25) is 0 Å². The first-order valence-corrected chi connectivity index (χ1v) is 11.5. The standard InChI is InChI=1S/C22H23N5O2S/c1-16-7-9-17(10-8-16)30(28,29)20(15-23)21-22(27-13-11-26(2)12-14-27)25-19-6-4-3-5-18(19)24-21/h3-10,20H,11-14H2,1-2H3/p+1/t20-/m0/s1. The predicted octanol–water partition coefficient (Wildman–Crippen LogP) is 1.31. The zero-order chi connectivity index (χ0) is 21.3. The Morgan fingerprint density at radius 2 is 1.63 bits per heavy atom. The minimum absolute atomic E-state index is 0.114. The summed E-state index contributed by atoms with van der Waals surface area (Å²) >= 11 is 0. The van der Waals surface area contributed by atoms with Gasteiger partial charge in [0.05, 0.1) is 55.2 Å². The molecule has 1 aliphatic rings. The van der Waals surface area contributed by atoms with Gasteiger partial charge in [-0.1, -0.05) is 29.8 Å². The lowest BCUT2D eigenvalue weighted by molar-refractivity contribution is -0.880. The summed E-state index contributed by atoms with van der Waals surface area (Å²) in [5, 5.41) is 8.52. The fraction of sp³-hybridized carbons (Fsp3) is 0.318. The number of aryl methyl sites for hydroxylation is 1. The molecule has 1 saturated heterocycles. The van der Waals surface area contributed by atoms with Gasteiger partial charge in [-0.15, -0.1) is 0 Å². The van der Waals surface area contributed by atoms with Crippen molar-refractivity contribution in [3.63, 3.8) is 0 Å². The van der Waals surface area contributed by atoms with Gasteiger partial charge in [0.2, 0.25) is 9.84 Å². The number of rotatable bonds is 4. The van der Waals surface area contributed by atoms with E-state index in [-0.39, 0.29) is 10.6 Å². The van der Waals surface area contributed by atoms with Crippen molar-refractivity contribution in [2.75, 3.05) is 38.1 Å². The van der Waals surface area contributed by atoms with E-state index in [1.807, 2.05) is 31.2 Å². The van der Waals surface area contributed by atoms with E-state index in [1.165, 1.54) is 4.90 Å². The van der Waals surface area contributed by atoms with Gasteiger partial charge in [-0.3, -0.25) is 0 Å². The lowest BCUT2D eigenvalue weighted by atomic mass is 10.2. The molecule has 2 aromatic carbocycles. The fourth-order valence-electron chi connectivity index (χ4n) is 3.65. The first-order valence-electron chi connectivity index (χ1n) is 9.93. The molecule has 0 radical (unpaired) electrons. The molecule has 1 aliphatic heterocycles. The van der Waals surface area contributed by atoms with E-state index in [0.29, 0.717) is 16.9 Å². The van der Waals surface area contributed by atoms with E-state index in [2.05, 4.69) is 16.9 Å². The van der Waals surface area contributed by atoms with Crippen molar-refractivity contribution in [2.24, 2.45) is 0 Å². The molecule has 2 heterocycles. The van der Waals surface area contributed by atoms with Crippen molar-refractivity contribution >= 4 is 26.7 Å². The number of quaternary nitrogens is 1. The highest BCUT2D eigenvalue weighted by Crippen LogP contribution is 2.34. The number of nitriles is 1. The van der Waals surface area contributed by atoms with Crippen LogP contribution in [0.25, 0.3) is 11.0 Å². The van der Waals surface area contributed by atoms with Gasteiger partial charge in [-0.05, 0) is 31.2 Å². The highest BCUT2D eigenvalue weighted by molar-refractivity contribution is 7.92. The Morgan fingerprint density at radius 3 is 2.23 bits per heavy atom. The fourth-order valence-corrected chi connectivity index (χ4v) is 5.03. The Hall–Kier alpha value is -3.02. The number of piperazine rings is 1. The van der Waals surface area contributed by atoms with Crippen molar-refractivity contribution in [3.05, 3.63) is 59.8 Å². The van der Waals surface area contributed by atoms with E-state index in [9.17, 15) is 13.7 Å².